The normalized spacial score (nSPS) is 10.1. The number of benzene rings is 1. The second kappa shape index (κ2) is 11.1. The van der Waals surface area contributed by atoms with Crippen LogP contribution in [0.5, 0.6) is 0 Å². The third-order valence-corrected chi connectivity index (χ3v) is 3.73. The van der Waals surface area contributed by atoms with E-state index in [0.29, 0.717) is 6.61 Å². The maximum atomic E-state index is 12.0. The van der Waals surface area contributed by atoms with Crippen molar-refractivity contribution in [2.24, 2.45) is 0 Å². The smallest absolute Gasteiger partial charge is 0.243 e. The molecule has 0 saturated carbocycles. The average molecular weight is 396 g/mol. The van der Waals surface area contributed by atoms with Gasteiger partial charge in [-0.15, -0.1) is 11.6 Å². The van der Waals surface area contributed by atoms with Crippen molar-refractivity contribution in [2.75, 3.05) is 41.3 Å². The molecule has 0 spiro atoms. The van der Waals surface area contributed by atoms with Gasteiger partial charge < -0.3 is 21.9 Å². The van der Waals surface area contributed by atoms with Crippen LogP contribution in [-0.2, 0) is 16.0 Å². The molecule has 1 aromatic carbocycles. The van der Waals surface area contributed by atoms with Gasteiger partial charge in [0, 0.05) is 6.61 Å². The Morgan fingerprint density at radius 2 is 1.67 bits per heavy atom. The van der Waals surface area contributed by atoms with Crippen molar-refractivity contribution in [3.05, 3.63) is 29.3 Å². The largest absolute Gasteiger partial charge is 0.368 e. The van der Waals surface area contributed by atoms with Crippen molar-refractivity contribution in [2.45, 2.75) is 27.2 Å². The number of nitrogens with two attached hydrogens (primary N) is 3. The van der Waals surface area contributed by atoms with E-state index in [-0.39, 0.29) is 36.4 Å². The first-order valence-corrected chi connectivity index (χ1v) is 8.92. The Kier molecular flexibility index (Phi) is 9.24. The van der Waals surface area contributed by atoms with E-state index in [4.69, 9.17) is 33.5 Å². The minimum absolute atomic E-state index is 0.0371. The standard InChI is InChI=1S/C14H20ClNO2.C3H6N6/c1-4-12-8-6-7-11(3)14(12)16(10-18-5-2)13(17)9-15;4-1-7-2(5)9-3(6)8-1/h6-8H,4-5,9-10H2,1-3H3;(H6,4,5,6,7,8,9). The third-order valence-electron chi connectivity index (χ3n) is 3.50. The van der Waals surface area contributed by atoms with Crippen molar-refractivity contribution < 1.29 is 9.53 Å². The van der Waals surface area contributed by atoms with Crippen molar-refractivity contribution in [1.82, 2.24) is 15.0 Å². The summed E-state index contributed by atoms with van der Waals surface area (Å²) in [5.41, 5.74) is 18.5. The molecule has 1 amide bonds. The number of amides is 1. The van der Waals surface area contributed by atoms with Crippen LogP contribution in [0, 0.1) is 6.92 Å². The summed E-state index contributed by atoms with van der Waals surface area (Å²) in [5, 5.41) is 0. The lowest BCUT2D eigenvalue weighted by Gasteiger charge is -2.25. The van der Waals surface area contributed by atoms with E-state index >= 15 is 0 Å². The molecular weight excluding hydrogens is 370 g/mol. The number of anilines is 4. The van der Waals surface area contributed by atoms with Gasteiger partial charge in [-0.2, -0.15) is 15.0 Å². The number of carbonyl (C=O) groups is 1. The number of nitrogens with zero attached hydrogens (tertiary/aromatic N) is 4. The molecule has 27 heavy (non-hydrogen) atoms. The number of aryl methyl sites for hydroxylation is 2. The maximum absolute atomic E-state index is 12.0. The van der Waals surface area contributed by atoms with Crippen molar-refractivity contribution >= 4 is 41.0 Å². The van der Waals surface area contributed by atoms with Gasteiger partial charge in [-0.3, -0.25) is 9.69 Å². The fourth-order valence-corrected chi connectivity index (χ4v) is 2.48. The van der Waals surface area contributed by atoms with Crippen molar-refractivity contribution in [3.8, 4) is 0 Å². The summed E-state index contributed by atoms with van der Waals surface area (Å²) in [5.74, 6) is -0.0426. The molecule has 0 saturated heterocycles. The molecule has 0 aliphatic carbocycles. The van der Waals surface area contributed by atoms with Crippen LogP contribution >= 0.6 is 11.6 Å². The lowest BCUT2D eigenvalue weighted by molar-refractivity contribution is -0.117. The molecule has 0 fully saturated rings. The highest BCUT2D eigenvalue weighted by Crippen LogP contribution is 2.26. The van der Waals surface area contributed by atoms with Crippen LogP contribution < -0.4 is 22.1 Å². The van der Waals surface area contributed by atoms with Gasteiger partial charge in [-0.05, 0) is 31.4 Å². The Balaban J connectivity index is 0.000000337. The van der Waals surface area contributed by atoms with Crippen LogP contribution in [0.15, 0.2) is 18.2 Å². The lowest BCUT2D eigenvalue weighted by atomic mass is 10.0. The molecule has 0 aliphatic rings. The summed E-state index contributed by atoms with van der Waals surface area (Å²) in [6, 6.07) is 6.03. The van der Waals surface area contributed by atoms with Crippen molar-refractivity contribution in [3.63, 3.8) is 0 Å². The Morgan fingerprint density at radius 3 is 2.11 bits per heavy atom. The van der Waals surface area contributed by atoms with Gasteiger partial charge in [0.1, 0.15) is 12.6 Å². The molecule has 1 aromatic heterocycles. The summed E-state index contributed by atoms with van der Waals surface area (Å²) >= 11 is 5.68. The van der Waals surface area contributed by atoms with Crippen LogP contribution in [0.2, 0.25) is 0 Å². The molecule has 148 valence electrons. The second-order valence-electron chi connectivity index (χ2n) is 5.42. The zero-order valence-corrected chi connectivity index (χ0v) is 16.5. The summed E-state index contributed by atoms with van der Waals surface area (Å²) < 4.78 is 5.37. The number of hydrogen-bond acceptors (Lipinski definition) is 8. The van der Waals surface area contributed by atoms with Crippen molar-refractivity contribution in [1.29, 1.82) is 0 Å². The van der Waals surface area contributed by atoms with E-state index in [1.54, 1.807) is 4.90 Å². The Bertz CT molecular complexity index is 708. The Morgan fingerprint density at radius 1 is 1.11 bits per heavy atom. The van der Waals surface area contributed by atoms with Crippen LogP contribution in [0.1, 0.15) is 25.0 Å². The van der Waals surface area contributed by atoms with E-state index < -0.39 is 0 Å². The minimum Gasteiger partial charge on any atom is -0.368 e. The number of aromatic nitrogens is 3. The predicted octanol–water partition coefficient (Wildman–Crippen LogP) is 1.74. The molecule has 9 nitrogen and oxygen atoms in total. The lowest BCUT2D eigenvalue weighted by Crippen LogP contribution is -2.35. The highest BCUT2D eigenvalue weighted by molar-refractivity contribution is 6.29. The highest BCUT2D eigenvalue weighted by atomic mass is 35.5. The molecule has 6 N–H and O–H groups in total. The number of rotatable bonds is 6. The third kappa shape index (κ3) is 6.87. The number of halogens is 1. The summed E-state index contributed by atoms with van der Waals surface area (Å²) in [6.07, 6.45) is 0.870. The molecule has 10 heteroatoms. The fourth-order valence-electron chi connectivity index (χ4n) is 2.33. The van der Waals surface area contributed by atoms with Gasteiger partial charge in [0.2, 0.25) is 23.8 Å². The number of hydrogen-bond donors (Lipinski definition) is 3. The zero-order chi connectivity index (χ0) is 20.4. The molecule has 1 heterocycles. The first-order chi connectivity index (χ1) is 12.8. The Hall–Kier alpha value is -2.65. The number of nitrogen functional groups attached to an aromatic ring is 3. The first-order valence-electron chi connectivity index (χ1n) is 8.39. The van der Waals surface area contributed by atoms with Gasteiger partial charge in [-0.1, -0.05) is 25.1 Å². The average Bonchev–Trinajstić information content (AvgIpc) is 2.61. The van der Waals surface area contributed by atoms with Gasteiger partial charge >= 0.3 is 0 Å². The maximum Gasteiger partial charge on any atom is 0.243 e. The molecule has 0 unspecified atom stereocenters. The first kappa shape index (κ1) is 22.4. The minimum atomic E-state index is -0.130. The molecule has 0 aliphatic heterocycles. The highest BCUT2D eigenvalue weighted by Gasteiger charge is 2.19. The van der Waals surface area contributed by atoms with Gasteiger partial charge in [-0.25, -0.2) is 0 Å². The summed E-state index contributed by atoms with van der Waals surface area (Å²) in [4.78, 5) is 24.0. The molecule has 0 radical (unpaired) electrons. The monoisotopic (exact) mass is 395 g/mol. The molecule has 0 bridgehead atoms. The molecule has 2 rings (SSSR count). The van der Waals surface area contributed by atoms with Gasteiger partial charge in [0.25, 0.3) is 0 Å². The van der Waals surface area contributed by atoms with Crippen LogP contribution in [0.25, 0.3) is 0 Å². The predicted molar refractivity (Wildman–Crippen MR) is 108 cm³/mol. The SMILES string of the molecule is CCOCN(C(=O)CCl)c1c(C)cccc1CC.Nc1nc(N)nc(N)n1. The van der Waals surface area contributed by atoms with Crippen LogP contribution in [0.4, 0.5) is 23.5 Å². The number of alkyl halides is 1. The Labute approximate surface area is 163 Å². The number of ether oxygens (including phenoxy) is 1. The van der Waals surface area contributed by atoms with Crippen LogP contribution in [0.3, 0.4) is 0 Å². The fraction of sp³-hybridized carbons (Fsp3) is 0.412. The topological polar surface area (TPSA) is 146 Å². The molecule has 0 atom stereocenters. The quantitative estimate of drug-likeness (QED) is 0.495. The van der Waals surface area contributed by atoms with Gasteiger partial charge in [0.05, 0.1) is 5.69 Å². The van der Waals surface area contributed by atoms with E-state index in [1.165, 1.54) is 0 Å². The van der Waals surface area contributed by atoms with E-state index in [9.17, 15) is 4.79 Å². The summed E-state index contributed by atoms with van der Waals surface area (Å²) in [7, 11) is 0. The summed E-state index contributed by atoms with van der Waals surface area (Å²) in [6.45, 7) is 6.79. The van der Waals surface area contributed by atoms with E-state index in [2.05, 4.69) is 21.9 Å². The second-order valence-corrected chi connectivity index (χ2v) is 5.69. The molecular formula is C17H26ClN7O2. The molecule has 2 aromatic rings. The number of para-hydroxylation sites is 1. The number of carbonyl (C=O) groups excluding carboxylic acids is 1. The van der Waals surface area contributed by atoms with Crippen LogP contribution in [-0.4, -0.2) is 40.1 Å². The van der Waals surface area contributed by atoms with E-state index in [1.807, 2.05) is 32.0 Å². The zero-order valence-electron chi connectivity index (χ0n) is 15.8. The van der Waals surface area contributed by atoms with E-state index in [0.717, 1.165) is 23.2 Å². The van der Waals surface area contributed by atoms with Gasteiger partial charge in [0.15, 0.2) is 0 Å².